The first-order chi connectivity index (χ1) is 13.7. The fourth-order valence-electron chi connectivity index (χ4n) is 8.61. The van der Waals surface area contributed by atoms with Gasteiger partial charge >= 0.3 is 0 Å². The molecule has 4 aliphatic rings. The summed E-state index contributed by atoms with van der Waals surface area (Å²) in [5, 5.41) is 0. The van der Waals surface area contributed by atoms with Crippen molar-refractivity contribution >= 4 is 5.78 Å². The molecule has 29 heavy (non-hydrogen) atoms. The number of ketones is 1. The highest BCUT2D eigenvalue weighted by Gasteiger charge is 2.61. The Labute approximate surface area is 180 Å². The summed E-state index contributed by atoms with van der Waals surface area (Å²) < 4.78 is 0. The van der Waals surface area contributed by atoms with Crippen LogP contribution in [0.4, 0.5) is 0 Å². The van der Waals surface area contributed by atoms with Crippen LogP contribution in [-0.4, -0.2) is 5.78 Å². The van der Waals surface area contributed by atoms with Gasteiger partial charge in [0.15, 0.2) is 5.78 Å². The van der Waals surface area contributed by atoms with E-state index in [4.69, 9.17) is 0 Å². The highest BCUT2D eigenvalue weighted by molar-refractivity contribution is 5.94. The standard InChI is InChI=1S/C28H46O/c1-18(2)8-7-9-20(4)22-10-11-23-26-24(13-15-28(22,23)6)27(5)14-12-19(3)16-21(27)17-25(26)29/h17-20,22-24,26H,7-16H2,1-6H3/t19-,20+,22?,23-,24?,26?,27-,28+/m0/s1. The summed E-state index contributed by atoms with van der Waals surface area (Å²) in [5.41, 5.74) is 2.23. The molecule has 0 radical (unpaired) electrons. The summed E-state index contributed by atoms with van der Waals surface area (Å²) in [4.78, 5) is 13.5. The lowest BCUT2D eigenvalue weighted by atomic mass is 9.46. The first kappa shape index (κ1) is 21.6. The van der Waals surface area contributed by atoms with Gasteiger partial charge in [-0.25, -0.2) is 0 Å². The molecule has 0 amide bonds. The van der Waals surface area contributed by atoms with Crippen LogP contribution in [0.15, 0.2) is 11.6 Å². The van der Waals surface area contributed by atoms with Gasteiger partial charge in [-0.05, 0) is 97.4 Å². The number of rotatable bonds is 5. The van der Waals surface area contributed by atoms with E-state index in [9.17, 15) is 4.79 Å². The third-order valence-electron chi connectivity index (χ3n) is 10.4. The van der Waals surface area contributed by atoms with E-state index < -0.39 is 0 Å². The minimum atomic E-state index is 0.313. The summed E-state index contributed by atoms with van der Waals surface area (Å²) in [7, 11) is 0. The highest BCUT2D eigenvalue weighted by Crippen LogP contribution is 2.66. The molecule has 0 spiro atoms. The molecule has 0 aromatic heterocycles. The van der Waals surface area contributed by atoms with Gasteiger partial charge in [0.25, 0.3) is 0 Å². The Balaban J connectivity index is 1.54. The normalized spacial score (nSPS) is 45.4. The van der Waals surface area contributed by atoms with Crippen molar-refractivity contribution in [3.05, 3.63) is 11.6 Å². The minimum Gasteiger partial charge on any atom is -0.295 e. The van der Waals surface area contributed by atoms with Gasteiger partial charge in [0.05, 0.1) is 0 Å². The molecule has 0 heterocycles. The van der Waals surface area contributed by atoms with Crippen LogP contribution in [0.5, 0.6) is 0 Å². The second-order valence-electron chi connectivity index (χ2n) is 12.6. The number of allylic oxidation sites excluding steroid dienone is 2. The van der Waals surface area contributed by atoms with Crippen LogP contribution in [0.3, 0.4) is 0 Å². The highest BCUT2D eigenvalue weighted by atomic mass is 16.1. The molecular formula is C28H46O. The van der Waals surface area contributed by atoms with Crippen LogP contribution in [0.25, 0.3) is 0 Å². The quantitative estimate of drug-likeness (QED) is 0.461. The van der Waals surface area contributed by atoms with Crippen molar-refractivity contribution in [3.63, 3.8) is 0 Å². The number of hydrogen-bond acceptors (Lipinski definition) is 1. The van der Waals surface area contributed by atoms with Crippen molar-refractivity contribution in [1.82, 2.24) is 0 Å². The van der Waals surface area contributed by atoms with Crippen LogP contribution in [0, 0.1) is 52.3 Å². The molecule has 0 aromatic rings. The molecule has 3 unspecified atom stereocenters. The van der Waals surface area contributed by atoms with E-state index in [0.717, 1.165) is 23.7 Å². The topological polar surface area (TPSA) is 17.1 Å². The Bertz CT molecular complexity index is 659. The van der Waals surface area contributed by atoms with E-state index in [1.54, 1.807) is 0 Å². The minimum absolute atomic E-state index is 0.313. The molecule has 4 aliphatic carbocycles. The van der Waals surface area contributed by atoms with E-state index in [1.165, 1.54) is 69.8 Å². The molecule has 8 atom stereocenters. The number of carbonyl (C=O) groups excluding carboxylic acids is 1. The molecule has 0 bridgehead atoms. The van der Waals surface area contributed by atoms with Gasteiger partial charge in [0.1, 0.15) is 0 Å². The van der Waals surface area contributed by atoms with E-state index in [2.05, 4.69) is 47.6 Å². The van der Waals surface area contributed by atoms with E-state index >= 15 is 0 Å². The molecule has 1 nitrogen and oxygen atoms in total. The SMILES string of the molecule is CC(C)CCC[C@@H](C)C1CC[C@H]2C3C(=O)C=C4C[C@@H](C)CC[C@]4(C)C3CC[C@]12C. The maximum absolute atomic E-state index is 13.5. The van der Waals surface area contributed by atoms with Gasteiger partial charge in [0, 0.05) is 5.92 Å². The van der Waals surface area contributed by atoms with Gasteiger partial charge in [-0.1, -0.05) is 66.4 Å². The van der Waals surface area contributed by atoms with Gasteiger partial charge in [0.2, 0.25) is 0 Å². The maximum Gasteiger partial charge on any atom is 0.159 e. The second-order valence-corrected chi connectivity index (χ2v) is 12.6. The van der Waals surface area contributed by atoms with Crippen molar-refractivity contribution in [3.8, 4) is 0 Å². The Morgan fingerprint density at radius 1 is 1.00 bits per heavy atom. The molecule has 1 heteroatoms. The van der Waals surface area contributed by atoms with Gasteiger partial charge in [-0.3, -0.25) is 4.79 Å². The third kappa shape index (κ3) is 3.57. The number of hydrogen-bond donors (Lipinski definition) is 0. The Hall–Kier alpha value is -0.590. The Kier molecular flexibility index (Phi) is 5.84. The zero-order chi connectivity index (χ0) is 21.0. The second kappa shape index (κ2) is 7.83. The summed E-state index contributed by atoms with van der Waals surface area (Å²) in [6, 6.07) is 0. The summed E-state index contributed by atoms with van der Waals surface area (Å²) in [6.45, 7) is 14.7. The van der Waals surface area contributed by atoms with Gasteiger partial charge in [-0.15, -0.1) is 0 Å². The average Bonchev–Trinajstić information content (AvgIpc) is 3.00. The van der Waals surface area contributed by atoms with Crippen molar-refractivity contribution in [1.29, 1.82) is 0 Å². The summed E-state index contributed by atoms with van der Waals surface area (Å²) in [5.74, 6) is 5.33. The lowest BCUT2D eigenvalue weighted by Crippen LogP contribution is -2.53. The van der Waals surface area contributed by atoms with Crippen molar-refractivity contribution < 1.29 is 4.79 Å². The van der Waals surface area contributed by atoms with Crippen molar-refractivity contribution in [2.45, 2.75) is 106 Å². The zero-order valence-electron chi connectivity index (χ0n) is 20.1. The molecule has 3 saturated carbocycles. The van der Waals surface area contributed by atoms with E-state index in [0.29, 0.717) is 34.4 Å². The first-order valence-electron chi connectivity index (χ1n) is 12.9. The van der Waals surface area contributed by atoms with Crippen LogP contribution < -0.4 is 0 Å². The molecule has 164 valence electrons. The fraction of sp³-hybridized carbons (Fsp3) is 0.893. The van der Waals surface area contributed by atoms with Gasteiger partial charge < -0.3 is 0 Å². The smallest absolute Gasteiger partial charge is 0.159 e. The molecule has 3 fully saturated rings. The maximum atomic E-state index is 13.5. The molecule has 0 N–H and O–H groups in total. The van der Waals surface area contributed by atoms with Crippen LogP contribution in [0.2, 0.25) is 0 Å². The summed E-state index contributed by atoms with van der Waals surface area (Å²) >= 11 is 0. The lowest BCUT2D eigenvalue weighted by Gasteiger charge is -2.57. The van der Waals surface area contributed by atoms with Gasteiger partial charge in [-0.2, -0.15) is 0 Å². The van der Waals surface area contributed by atoms with E-state index in [1.807, 2.05) is 0 Å². The predicted octanol–water partition coefficient (Wildman–Crippen LogP) is 7.84. The molecule has 0 aromatic carbocycles. The zero-order valence-corrected chi connectivity index (χ0v) is 20.1. The monoisotopic (exact) mass is 398 g/mol. The molecule has 0 saturated heterocycles. The third-order valence-corrected chi connectivity index (χ3v) is 10.4. The Morgan fingerprint density at radius 2 is 1.76 bits per heavy atom. The molecule has 0 aliphatic heterocycles. The van der Waals surface area contributed by atoms with Crippen LogP contribution in [0.1, 0.15) is 106 Å². The average molecular weight is 399 g/mol. The fourth-order valence-corrected chi connectivity index (χ4v) is 8.61. The van der Waals surface area contributed by atoms with Crippen LogP contribution in [-0.2, 0) is 4.79 Å². The largest absolute Gasteiger partial charge is 0.295 e. The van der Waals surface area contributed by atoms with Crippen molar-refractivity contribution in [2.24, 2.45) is 52.3 Å². The number of carbonyl (C=O) groups is 1. The first-order valence-corrected chi connectivity index (χ1v) is 12.9. The van der Waals surface area contributed by atoms with Crippen LogP contribution >= 0.6 is 0 Å². The molecular weight excluding hydrogens is 352 g/mol. The van der Waals surface area contributed by atoms with E-state index in [-0.39, 0.29) is 0 Å². The van der Waals surface area contributed by atoms with Crippen molar-refractivity contribution in [2.75, 3.05) is 0 Å². The predicted molar refractivity (Wildman–Crippen MR) is 123 cm³/mol. The number of fused-ring (bicyclic) bond motifs is 5. The summed E-state index contributed by atoms with van der Waals surface area (Å²) in [6.07, 6.45) is 15.4. The Morgan fingerprint density at radius 3 is 2.48 bits per heavy atom. The lowest BCUT2D eigenvalue weighted by molar-refractivity contribution is -0.134. The molecule has 4 rings (SSSR count).